The summed E-state index contributed by atoms with van der Waals surface area (Å²) in [5.41, 5.74) is 0.849. The van der Waals surface area contributed by atoms with E-state index in [4.69, 9.17) is 4.74 Å². The van der Waals surface area contributed by atoms with Gasteiger partial charge >= 0.3 is 0 Å². The normalized spacial score (nSPS) is 14.2. The highest BCUT2D eigenvalue weighted by Crippen LogP contribution is 2.24. The maximum absolute atomic E-state index is 9.23. The second-order valence-corrected chi connectivity index (χ2v) is 6.50. The zero-order valence-corrected chi connectivity index (χ0v) is 14.2. The molecule has 2 atom stereocenters. The van der Waals surface area contributed by atoms with E-state index >= 15 is 0 Å². The van der Waals surface area contributed by atoms with E-state index in [-0.39, 0.29) is 12.6 Å². The molecule has 0 saturated heterocycles. The number of aromatic nitrogens is 3. The van der Waals surface area contributed by atoms with Crippen LogP contribution in [0.15, 0.2) is 18.5 Å². The number of ether oxygens (including phenoxy) is 1. The van der Waals surface area contributed by atoms with Crippen LogP contribution < -0.4 is 4.74 Å². The van der Waals surface area contributed by atoms with E-state index in [0.29, 0.717) is 18.3 Å². The summed E-state index contributed by atoms with van der Waals surface area (Å²) in [5.74, 6) is 0.759. The number of aliphatic hydroxyl groups excluding tert-OH is 1. The molecular formula is C16H25N3O2S. The van der Waals surface area contributed by atoms with Gasteiger partial charge in [0.25, 0.3) is 0 Å². The molecular weight excluding hydrogens is 298 g/mol. The van der Waals surface area contributed by atoms with Crippen molar-refractivity contribution < 1.29 is 9.84 Å². The maximum Gasteiger partial charge on any atom is 0.158 e. The summed E-state index contributed by atoms with van der Waals surface area (Å²) in [6, 6.07) is 2.16. The second-order valence-electron chi connectivity index (χ2n) is 5.61. The standard InChI is InChI=1S/C16H25N3O2S/c1-3-4-14(5-7-20)19-16-13(10-18-19)9-15(11-17-16)21-8-6-12(2)22/h9-12,14,20,22H,3-8H2,1-2H3. The molecule has 0 spiro atoms. The lowest BCUT2D eigenvalue weighted by atomic mass is 10.1. The highest BCUT2D eigenvalue weighted by atomic mass is 32.1. The molecule has 0 amide bonds. The molecule has 0 aromatic carbocycles. The fourth-order valence-electron chi connectivity index (χ4n) is 2.48. The van der Waals surface area contributed by atoms with Crippen molar-refractivity contribution in [3.63, 3.8) is 0 Å². The van der Waals surface area contributed by atoms with Crippen molar-refractivity contribution in [1.29, 1.82) is 0 Å². The summed E-state index contributed by atoms with van der Waals surface area (Å²) in [6.07, 6.45) is 7.19. The third kappa shape index (κ3) is 4.36. The number of thiol groups is 1. The molecule has 0 fully saturated rings. The van der Waals surface area contributed by atoms with Crippen molar-refractivity contribution in [3.05, 3.63) is 18.5 Å². The number of nitrogens with zero attached hydrogens (tertiary/aromatic N) is 3. The molecule has 5 nitrogen and oxygen atoms in total. The topological polar surface area (TPSA) is 60.2 Å². The molecule has 2 heterocycles. The molecule has 2 unspecified atom stereocenters. The van der Waals surface area contributed by atoms with Crippen LogP contribution in [0.4, 0.5) is 0 Å². The van der Waals surface area contributed by atoms with E-state index in [1.54, 1.807) is 6.20 Å². The van der Waals surface area contributed by atoms with Crippen molar-refractivity contribution in [2.75, 3.05) is 13.2 Å². The van der Waals surface area contributed by atoms with Crippen LogP contribution in [0.25, 0.3) is 11.0 Å². The van der Waals surface area contributed by atoms with E-state index in [9.17, 15) is 5.11 Å². The smallest absolute Gasteiger partial charge is 0.158 e. The number of pyridine rings is 1. The summed E-state index contributed by atoms with van der Waals surface area (Å²) >= 11 is 4.34. The Hall–Kier alpha value is -1.27. The highest BCUT2D eigenvalue weighted by Gasteiger charge is 2.15. The molecule has 0 aliphatic heterocycles. The number of hydrogen-bond donors (Lipinski definition) is 2. The van der Waals surface area contributed by atoms with Crippen molar-refractivity contribution in [3.8, 4) is 5.75 Å². The molecule has 0 aliphatic carbocycles. The van der Waals surface area contributed by atoms with Gasteiger partial charge in [0.15, 0.2) is 5.65 Å². The van der Waals surface area contributed by atoms with E-state index in [0.717, 1.165) is 36.0 Å². The van der Waals surface area contributed by atoms with Gasteiger partial charge in [0.05, 0.1) is 25.0 Å². The summed E-state index contributed by atoms with van der Waals surface area (Å²) in [5, 5.41) is 15.0. The first-order valence-corrected chi connectivity index (χ1v) is 8.42. The zero-order chi connectivity index (χ0) is 15.9. The third-order valence-corrected chi connectivity index (χ3v) is 3.90. The van der Waals surface area contributed by atoms with E-state index in [2.05, 4.69) is 29.6 Å². The lowest BCUT2D eigenvalue weighted by Crippen LogP contribution is -2.12. The SMILES string of the molecule is CCCC(CCO)n1ncc2cc(OCCC(C)S)cnc21. The van der Waals surface area contributed by atoms with Crippen molar-refractivity contribution >= 4 is 23.7 Å². The van der Waals surface area contributed by atoms with E-state index < -0.39 is 0 Å². The minimum absolute atomic E-state index is 0.162. The molecule has 2 aromatic rings. The number of hydrogen-bond acceptors (Lipinski definition) is 5. The van der Waals surface area contributed by atoms with Crippen LogP contribution in [0.5, 0.6) is 5.75 Å². The summed E-state index contributed by atoms with van der Waals surface area (Å²) in [7, 11) is 0. The van der Waals surface area contributed by atoms with Crippen molar-refractivity contribution in [2.45, 2.75) is 50.8 Å². The molecule has 0 bridgehead atoms. The van der Waals surface area contributed by atoms with Gasteiger partial charge in [-0.1, -0.05) is 20.3 Å². The van der Waals surface area contributed by atoms with Gasteiger partial charge in [-0.25, -0.2) is 9.67 Å². The first-order valence-electron chi connectivity index (χ1n) is 7.90. The van der Waals surface area contributed by atoms with Gasteiger partial charge in [-0.05, 0) is 25.3 Å². The van der Waals surface area contributed by atoms with Gasteiger partial charge in [-0.15, -0.1) is 0 Å². The Balaban J connectivity index is 2.15. The molecule has 22 heavy (non-hydrogen) atoms. The molecule has 0 radical (unpaired) electrons. The van der Waals surface area contributed by atoms with Crippen LogP contribution in [-0.2, 0) is 0 Å². The largest absolute Gasteiger partial charge is 0.492 e. The van der Waals surface area contributed by atoms with Gasteiger partial charge < -0.3 is 9.84 Å². The zero-order valence-electron chi connectivity index (χ0n) is 13.3. The molecule has 6 heteroatoms. The third-order valence-electron chi connectivity index (χ3n) is 3.64. The molecule has 0 aliphatic rings. The van der Waals surface area contributed by atoms with E-state index in [1.165, 1.54) is 0 Å². The van der Waals surface area contributed by atoms with Crippen molar-refractivity contribution in [2.24, 2.45) is 0 Å². The summed E-state index contributed by atoms with van der Waals surface area (Å²) in [4.78, 5) is 4.50. The average molecular weight is 323 g/mol. The molecule has 122 valence electrons. The predicted molar refractivity (Wildman–Crippen MR) is 91.7 cm³/mol. The Labute approximate surface area is 137 Å². The van der Waals surface area contributed by atoms with Crippen LogP contribution >= 0.6 is 12.6 Å². The highest BCUT2D eigenvalue weighted by molar-refractivity contribution is 7.80. The molecule has 0 saturated carbocycles. The average Bonchev–Trinajstić information content (AvgIpc) is 2.89. The Kier molecular flexibility index (Phi) is 6.51. The number of aliphatic hydroxyl groups is 1. The van der Waals surface area contributed by atoms with Crippen LogP contribution in [0.1, 0.15) is 45.6 Å². The monoisotopic (exact) mass is 323 g/mol. The fourth-order valence-corrected chi connectivity index (χ4v) is 2.59. The Morgan fingerprint density at radius 1 is 1.32 bits per heavy atom. The first kappa shape index (κ1) is 17.1. The maximum atomic E-state index is 9.23. The van der Waals surface area contributed by atoms with Gasteiger partial charge in [0, 0.05) is 17.2 Å². The Morgan fingerprint density at radius 3 is 2.82 bits per heavy atom. The van der Waals surface area contributed by atoms with Crippen LogP contribution in [0, 0.1) is 0 Å². The molecule has 2 rings (SSSR count). The lowest BCUT2D eigenvalue weighted by molar-refractivity contribution is 0.247. The van der Waals surface area contributed by atoms with Gasteiger partial charge in [-0.3, -0.25) is 0 Å². The van der Waals surface area contributed by atoms with Crippen LogP contribution in [0.3, 0.4) is 0 Å². The first-order chi connectivity index (χ1) is 10.7. The van der Waals surface area contributed by atoms with Gasteiger partial charge in [-0.2, -0.15) is 17.7 Å². The van der Waals surface area contributed by atoms with Crippen LogP contribution in [-0.4, -0.2) is 38.3 Å². The minimum atomic E-state index is 0.162. The minimum Gasteiger partial charge on any atom is -0.492 e. The Bertz CT molecular complexity index is 580. The summed E-state index contributed by atoms with van der Waals surface area (Å²) < 4.78 is 7.63. The molecule has 2 aromatic heterocycles. The quantitative estimate of drug-likeness (QED) is 0.696. The van der Waals surface area contributed by atoms with E-state index in [1.807, 2.05) is 23.9 Å². The Morgan fingerprint density at radius 2 is 2.14 bits per heavy atom. The predicted octanol–water partition coefficient (Wildman–Crippen LogP) is 3.24. The number of fused-ring (bicyclic) bond motifs is 1. The van der Waals surface area contributed by atoms with Gasteiger partial charge in [0.1, 0.15) is 5.75 Å². The van der Waals surface area contributed by atoms with Crippen LogP contribution in [0.2, 0.25) is 0 Å². The second kappa shape index (κ2) is 8.39. The number of rotatable bonds is 9. The summed E-state index contributed by atoms with van der Waals surface area (Å²) in [6.45, 7) is 4.98. The van der Waals surface area contributed by atoms with Crippen molar-refractivity contribution in [1.82, 2.24) is 14.8 Å². The molecule has 1 N–H and O–H groups in total. The lowest BCUT2D eigenvalue weighted by Gasteiger charge is -2.16. The fraction of sp³-hybridized carbons (Fsp3) is 0.625. The van der Waals surface area contributed by atoms with Gasteiger partial charge in [0.2, 0.25) is 0 Å².